The third-order valence-electron chi connectivity index (χ3n) is 5.93. The van der Waals surface area contributed by atoms with Gasteiger partial charge in [0.15, 0.2) is 0 Å². The lowest BCUT2D eigenvalue weighted by atomic mass is 10.2. The van der Waals surface area contributed by atoms with Gasteiger partial charge >= 0.3 is 6.03 Å². The minimum absolute atomic E-state index is 0.237. The second-order valence-corrected chi connectivity index (χ2v) is 8.68. The minimum atomic E-state index is -0.319. The highest BCUT2D eigenvalue weighted by atomic mass is 16.2. The fourth-order valence-corrected chi connectivity index (χ4v) is 4.09. The van der Waals surface area contributed by atoms with Crippen LogP contribution in [0.4, 0.5) is 4.79 Å². The first-order valence-corrected chi connectivity index (χ1v) is 10.8. The van der Waals surface area contributed by atoms with Gasteiger partial charge in [0.05, 0.1) is 40.7 Å². The van der Waals surface area contributed by atoms with Gasteiger partial charge in [-0.05, 0) is 37.8 Å². The van der Waals surface area contributed by atoms with Crippen molar-refractivity contribution in [3.63, 3.8) is 0 Å². The van der Waals surface area contributed by atoms with Crippen LogP contribution in [0.15, 0.2) is 42.7 Å². The zero-order valence-electron chi connectivity index (χ0n) is 18.5. The van der Waals surface area contributed by atoms with Crippen LogP contribution in [0.2, 0.25) is 0 Å². The van der Waals surface area contributed by atoms with Crippen LogP contribution in [0.5, 0.6) is 0 Å². The van der Waals surface area contributed by atoms with Crippen molar-refractivity contribution in [1.82, 2.24) is 29.3 Å². The number of fused-ring (bicyclic) bond motifs is 3. The number of aryl methyl sites for hydroxylation is 1. The van der Waals surface area contributed by atoms with Gasteiger partial charge in [0.25, 0.3) is 5.91 Å². The summed E-state index contributed by atoms with van der Waals surface area (Å²) in [5.74, 6) is 0.333. The molecule has 1 N–H and O–H groups in total. The van der Waals surface area contributed by atoms with Gasteiger partial charge < -0.3 is 14.8 Å². The molecule has 0 atom stereocenters. The number of nitrogens with one attached hydrogen (secondary N) is 1. The van der Waals surface area contributed by atoms with Crippen molar-refractivity contribution in [2.75, 3.05) is 14.1 Å². The predicted molar refractivity (Wildman–Crippen MR) is 123 cm³/mol. The Kier molecular flexibility index (Phi) is 4.92. The molecule has 2 amide bonds. The quantitative estimate of drug-likeness (QED) is 0.525. The Morgan fingerprint density at radius 1 is 1.12 bits per heavy atom. The van der Waals surface area contributed by atoms with Crippen LogP contribution in [0, 0.1) is 12.8 Å². The topological polar surface area (TPSA) is 85.0 Å². The number of carbonyl (C=O) groups is 2. The summed E-state index contributed by atoms with van der Waals surface area (Å²) in [4.78, 5) is 36.5. The van der Waals surface area contributed by atoms with Gasteiger partial charge in [-0.3, -0.25) is 19.3 Å². The largest absolute Gasteiger partial charge is 0.345 e. The van der Waals surface area contributed by atoms with Gasteiger partial charge in [-0.2, -0.15) is 0 Å². The Balaban J connectivity index is 1.61. The van der Waals surface area contributed by atoms with Crippen molar-refractivity contribution in [2.45, 2.75) is 32.9 Å². The second-order valence-electron chi connectivity index (χ2n) is 8.68. The Bertz CT molecular complexity index is 1330. The lowest BCUT2D eigenvalue weighted by Gasteiger charge is -2.15. The van der Waals surface area contributed by atoms with Crippen LogP contribution < -0.4 is 5.32 Å². The number of hydrogen-bond acceptors (Lipinski definition) is 4. The molecule has 0 saturated heterocycles. The number of rotatable bonds is 5. The van der Waals surface area contributed by atoms with Crippen molar-refractivity contribution in [3.8, 4) is 0 Å². The molecule has 5 rings (SSSR count). The molecule has 1 aliphatic rings. The summed E-state index contributed by atoms with van der Waals surface area (Å²) in [5, 5.41) is 3.87. The molecule has 32 heavy (non-hydrogen) atoms. The van der Waals surface area contributed by atoms with E-state index in [1.807, 2.05) is 31.2 Å². The molecule has 0 unspecified atom stereocenters. The van der Waals surface area contributed by atoms with Crippen LogP contribution in [0.1, 0.15) is 34.7 Å². The molecule has 0 radical (unpaired) electrons. The summed E-state index contributed by atoms with van der Waals surface area (Å²) >= 11 is 0. The van der Waals surface area contributed by atoms with E-state index in [0.29, 0.717) is 17.3 Å². The summed E-state index contributed by atoms with van der Waals surface area (Å²) in [7, 11) is 3.39. The van der Waals surface area contributed by atoms with E-state index < -0.39 is 0 Å². The zero-order chi connectivity index (χ0) is 22.4. The molecule has 1 saturated carbocycles. The highest BCUT2D eigenvalue weighted by molar-refractivity contribution is 6.14. The average Bonchev–Trinajstić information content (AvgIpc) is 3.45. The van der Waals surface area contributed by atoms with Gasteiger partial charge in [-0.15, -0.1) is 0 Å². The molecule has 1 aliphatic carbocycles. The van der Waals surface area contributed by atoms with E-state index in [4.69, 9.17) is 0 Å². The smallest absolute Gasteiger partial charge is 0.328 e. The molecule has 1 fully saturated rings. The summed E-state index contributed by atoms with van der Waals surface area (Å²) in [6.07, 6.45) is 5.75. The van der Waals surface area contributed by atoms with Crippen molar-refractivity contribution in [1.29, 1.82) is 0 Å². The summed E-state index contributed by atoms with van der Waals surface area (Å²) in [5.41, 5.74) is 4.58. The molecule has 0 bridgehead atoms. The van der Waals surface area contributed by atoms with Gasteiger partial charge in [0.2, 0.25) is 0 Å². The van der Waals surface area contributed by atoms with Crippen LogP contribution in [-0.4, -0.2) is 50.0 Å². The number of para-hydroxylation sites is 1. The summed E-state index contributed by atoms with van der Waals surface area (Å²) < 4.78 is 3.79. The first-order chi connectivity index (χ1) is 15.4. The van der Waals surface area contributed by atoms with E-state index in [9.17, 15) is 9.59 Å². The number of benzene rings is 1. The normalized spacial score (nSPS) is 13.6. The molecule has 164 valence electrons. The third kappa shape index (κ3) is 3.51. The predicted octanol–water partition coefficient (Wildman–Crippen LogP) is 3.56. The number of carbonyl (C=O) groups excluding carboxylic acids is 2. The SMILES string of the molecule is Cc1cnc(CNC(=O)c2cc3c(c4ccccc4n3CC3CC3)n2C(=O)N(C)C)cn1. The number of hydrogen-bond donors (Lipinski definition) is 1. The molecule has 3 heterocycles. The molecule has 0 spiro atoms. The Hall–Kier alpha value is -3.68. The van der Waals surface area contributed by atoms with E-state index in [-0.39, 0.29) is 18.5 Å². The average molecular weight is 431 g/mol. The lowest BCUT2D eigenvalue weighted by Crippen LogP contribution is -2.33. The first kappa shape index (κ1) is 20.2. The van der Waals surface area contributed by atoms with Crippen LogP contribution in [-0.2, 0) is 13.1 Å². The molecule has 0 aliphatic heterocycles. The van der Waals surface area contributed by atoms with E-state index >= 15 is 0 Å². The molecule has 8 nitrogen and oxygen atoms in total. The van der Waals surface area contributed by atoms with E-state index in [1.165, 1.54) is 22.3 Å². The Labute approximate surface area is 185 Å². The fourth-order valence-electron chi connectivity index (χ4n) is 4.09. The highest BCUT2D eigenvalue weighted by Crippen LogP contribution is 2.37. The molecular weight excluding hydrogens is 404 g/mol. The fraction of sp³-hybridized carbons (Fsp3) is 0.333. The minimum Gasteiger partial charge on any atom is -0.345 e. The Morgan fingerprint density at radius 2 is 1.91 bits per heavy atom. The van der Waals surface area contributed by atoms with Gasteiger partial charge in [-0.1, -0.05) is 18.2 Å². The molecule has 8 heteroatoms. The maximum Gasteiger partial charge on any atom is 0.328 e. The van der Waals surface area contributed by atoms with Gasteiger partial charge in [0.1, 0.15) is 5.69 Å². The van der Waals surface area contributed by atoms with Gasteiger partial charge in [-0.25, -0.2) is 4.79 Å². The number of nitrogens with zero attached hydrogens (tertiary/aromatic N) is 5. The Morgan fingerprint density at radius 3 is 2.59 bits per heavy atom. The maximum atomic E-state index is 13.2. The van der Waals surface area contributed by atoms with Crippen molar-refractivity contribution in [3.05, 3.63) is 59.8 Å². The number of aromatic nitrogens is 4. The number of amides is 2. The van der Waals surface area contributed by atoms with Crippen molar-refractivity contribution < 1.29 is 9.59 Å². The van der Waals surface area contributed by atoms with Crippen LogP contribution >= 0.6 is 0 Å². The first-order valence-electron chi connectivity index (χ1n) is 10.8. The standard InChI is InChI=1S/C24H26N6O2/c1-15-11-26-17(12-25-15)13-27-23(31)21-10-20-22(30(21)24(32)28(2)3)18-6-4-5-7-19(18)29(20)14-16-8-9-16/h4-7,10-12,16H,8-9,13-14H2,1-3H3,(H,27,31). The molecular formula is C24H26N6O2. The lowest BCUT2D eigenvalue weighted by molar-refractivity contribution is 0.0941. The summed E-state index contributed by atoms with van der Waals surface area (Å²) in [6, 6.07) is 9.67. The van der Waals surface area contributed by atoms with E-state index in [2.05, 4.69) is 25.9 Å². The van der Waals surface area contributed by atoms with E-state index in [0.717, 1.165) is 34.2 Å². The van der Waals surface area contributed by atoms with Gasteiger partial charge in [0, 0.05) is 32.2 Å². The maximum absolute atomic E-state index is 13.2. The summed E-state index contributed by atoms with van der Waals surface area (Å²) in [6.45, 7) is 2.99. The van der Waals surface area contributed by atoms with Crippen LogP contribution in [0.25, 0.3) is 21.9 Å². The third-order valence-corrected chi connectivity index (χ3v) is 5.93. The zero-order valence-corrected chi connectivity index (χ0v) is 18.5. The van der Waals surface area contributed by atoms with Crippen molar-refractivity contribution in [2.24, 2.45) is 5.92 Å². The van der Waals surface area contributed by atoms with E-state index in [1.54, 1.807) is 26.5 Å². The molecule has 1 aromatic carbocycles. The highest BCUT2D eigenvalue weighted by Gasteiger charge is 2.29. The van der Waals surface area contributed by atoms with Crippen molar-refractivity contribution >= 4 is 33.9 Å². The molecule has 4 aromatic rings. The second kappa shape index (κ2) is 7.78. The molecule has 3 aromatic heterocycles. The van der Waals surface area contributed by atoms with Crippen LogP contribution in [0.3, 0.4) is 0 Å². The monoisotopic (exact) mass is 430 g/mol.